The van der Waals surface area contributed by atoms with Gasteiger partial charge < -0.3 is 9.47 Å². The summed E-state index contributed by atoms with van der Waals surface area (Å²) in [6.07, 6.45) is 3.23. The number of pyridine rings is 1. The molecule has 0 aliphatic heterocycles. The molecule has 0 fully saturated rings. The van der Waals surface area contributed by atoms with Crippen LogP contribution in [0, 0.1) is 6.92 Å². The van der Waals surface area contributed by atoms with E-state index in [0.717, 1.165) is 0 Å². The highest BCUT2D eigenvalue weighted by molar-refractivity contribution is 6.32. The van der Waals surface area contributed by atoms with Gasteiger partial charge in [-0.3, -0.25) is 9.20 Å². The molecule has 0 radical (unpaired) electrons. The Balaban J connectivity index is 1.79. The number of benzene rings is 1. The van der Waals surface area contributed by atoms with Gasteiger partial charge in [0.05, 0.1) is 30.1 Å². The lowest BCUT2D eigenvalue weighted by Gasteiger charge is -2.15. The molecular weight excluding hydrogens is 380 g/mol. The van der Waals surface area contributed by atoms with Gasteiger partial charge in [-0.25, -0.2) is 10.4 Å². The Hall–Kier alpha value is -3.06. The van der Waals surface area contributed by atoms with Crippen LogP contribution in [0.3, 0.4) is 0 Å². The minimum Gasteiger partial charge on any atom is -0.493 e. The Morgan fingerprint density at radius 1 is 1.36 bits per heavy atom. The number of methoxy groups -OCH3 is 1. The van der Waals surface area contributed by atoms with Gasteiger partial charge in [0.1, 0.15) is 11.3 Å². The Morgan fingerprint density at radius 2 is 2.14 bits per heavy atom. The van der Waals surface area contributed by atoms with Crippen molar-refractivity contribution in [2.75, 3.05) is 7.11 Å². The fourth-order valence-electron chi connectivity index (χ4n) is 2.77. The second-order valence-corrected chi connectivity index (χ2v) is 6.78. The van der Waals surface area contributed by atoms with Crippen LogP contribution in [0.4, 0.5) is 0 Å². The smallest absolute Gasteiger partial charge is 0.290 e. The van der Waals surface area contributed by atoms with Gasteiger partial charge in [-0.1, -0.05) is 17.7 Å². The first kappa shape index (κ1) is 19.7. The minimum atomic E-state index is -0.356. The SMILES string of the molecule is COc1cc(/C=N\NC(=O)c2c(C)nc3ccccn23)cc(Cl)c1OC(C)C. The van der Waals surface area contributed by atoms with Crippen LogP contribution in [0.5, 0.6) is 11.5 Å². The van der Waals surface area contributed by atoms with Crippen molar-refractivity contribution in [3.05, 3.63) is 58.5 Å². The van der Waals surface area contributed by atoms with Crippen LogP contribution in [-0.4, -0.2) is 34.7 Å². The van der Waals surface area contributed by atoms with Crippen LogP contribution < -0.4 is 14.9 Å². The summed E-state index contributed by atoms with van der Waals surface area (Å²) in [5, 5.41) is 4.43. The Kier molecular flexibility index (Phi) is 5.84. The zero-order valence-electron chi connectivity index (χ0n) is 16.1. The zero-order chi connectivity index (χ0) is 20.3. The number of ether oxygens (including phenoxy) is 2. The number of fused-ring (bicyclic) bond motifs is 1. The quantitative estimate of drug-likeness (QED) is 0.503. The van der Waals surface area contributed by atoms with E-state index in [1.54, 1.807) is 29.7 Å². The summed E-state index contributed by atoms with van der Waals surface area (Å²) in [5.41, 5.74) is 4.94. The highest BCUT2D eigenvalue weighted by Crippen LogP contribution is 2.36. The number of halogens is 1. The van der Waals surface area contributed by atoms with Gasteiger partial charge in [-0.15, -0.1) is 0 Å². The summed E-state index contributed by atoms with van der Waals surface area (Å²) in [5.74, 6) is 0.610. The molecule has 0 spiro atoms. The van der Waals surface area contributed by atoms with Crippen LogP contribution in [0.25, 0.3) is 5.65 Å². The van der Waals surface area contributed by atoms with Crippen molar-refractivity contribution in [1.82, 2.24) is 14.8 Å². The Labute approximate surface area is 167 Å². The van der Waals surface area contributed by atoms with Crippen molar-refractivity contribution in [1.29, 1.82) is 0 Å². The first-order chi connectivity index (χ1) is 13.4. The molecule has 0 aliphatic carbocycles. The van der Waals surface area contributed by atoms with E-state index in [0.29, 0.717) is 39.1 Å². The molecule has 0 atom stereocenters. The van der Waals surface area contributed by atoms with Crippen molar-refractivity contribution in [2.45, 2.75) is 26.9 Å². The lowest BCUT2D eigenvalue weighted by atomic mass is 10.2. The second-order valence-electron chi connectivity index (χ2n) is 6.37. The summed E-state index contributed by atoms with van der Waals surface area (Å²) < 4.78 is 12.8. The molecular formula is C20H21ClN4O3. The highest BCUT2D eigenvalue weighted by Gasteiger charge is 2.16. The monoisotopic (exact) mass is 400 g/mol. The maximum absolute atomic E-state index is 12.5. The number of nitrogens with zero attached hydrogens (tertiary/aromatic N) is 3. The van der Waals surface area contributed by atoms with Crippen molar-refractivity contribution in [3.8, 4) is 11.5 Å². The third kappa shape index (κ3) is 4.09. The Morgan fingerprint density at radius 3 is 2.86 bits per heavy atom. The van der Waals surface area contributed by atoms with Gasteiger partial charge in [0.25, 0.3) is 5.91 Å². The molecule has 0 unspecified atom stereocenters. The maximum Gasteiger partial charge on any atom is 0.290 e. The number of aryl methyl sites for hydroxylation is 1. The number of nitrogens with one attached hydrogen (secondary N) is 1. The van der Waals surface area contributed by atoms with Crippen molar-refractivity contribution >= 4 is 29.4 Å². The van der Waals surface area contributed by atoms with E-state index in [4.69, 9.17) is 21.1 Å². The molecule has 0 saturated heterocycles. The molecule has 0 bridgehead atoms. The van der Waals surface area contributed by atoms with Crippen LogP contribution in [0.2, 0.25) is 5.02 Å². The standard InChI is InChI=1S/C20H21ClN4O3/c1-12(2)28-19-15(21)9-14(10-16(19)27-4)11-22-24-20(26)18-13(3)23-17-7-5-6-8-25(17)18/h5-12H,1-4H3,(H,24,26)/b22-11-. The van der Waals surface area contributed by atoms with Gasteiger partial charge in [0, 0.05) is 6.20 Å². The predicted octanol–water partition coefficient (Wildman–Crippen LogP) is 3.86. The number of imidazole rings is 1. The molecule has 2 aromatic heterocycles. The molecule has 1 N–H and O–H groups in total. The van der Waals surface area contributed by atoms with Crippen molar-refractivity contribution < 1.29 is 14.3 Å². The fraction of sp³-hybridized carbons (Fsp3) is 0.250. The number of hydrazone groups is 1. The molecule has 3 aromatic rings. The van der Waals surface area contributed by atoms with Crippen LogP contribution in [0.1, 0.15) is 35.6 Å². The fourth-order valence-corrected chi connectivity index (χ4v) is 3.03. The second kappa shape index (κ2) is 8.31. The van der Waals surface area contributed by atoms with Crippen molar-refractivity contribution in [2.24, 2.45) is 5.10 Å². The number of hydrogen-bond donors (Lipinski definition) is 1. The summed E-state index contributed by atoms with van der Waals surface area (Å²) in [7, 11) is 1.54. The molecule has 3 rings (SSSR count). The van der Waals surface area contributed by atoms with Crippen LogP contribution in [0.15, 0.2) is 41.6 Å². The average molecular weight is 401 g/mol. The molecule has 28 heavy (non-hydrogen) atoms. The van der Waals surface area contributed by atoms with E-state index in [1.165, 1.54) is 13.3 Å². The summed E-state index contributed by atoms with van der Waals surface area (Å²) >= 11 is 6.30. The molecule has 2 heterocycles. The summed E-state index contributed by atoms with van der Waals surface area (Å²) in [4.78, 5) is 16.9. The molecule has 146 valence electrons. The van der Waals surface area contributed by atoms with Gasteiger partial charge in [0.15, 0.2) is 11.5 Å². The zero-order valence-corrected chi connectivity index (χ0v) is 16.8. The molecule has 1 aromatic carbocycles. The maximum atomic E-state index is 12.5. The van der Waals surface area contributed by atoms with Crippen molar-refractivity contribution in [3.63, 3.8) is 0 Å². The number of amides is 1. The molecule has 7 nitrogen and oxygen atoms in total. The lowest BCUT2D eigenvalue weighted by Crippen LogP contribution is -2.20. The molecule has 1 amide bonds. The number of carbonyl (C=O) groups is 1. The Bertz CT molecular complexity index is 1040. The van der Waals surface area contributed by atoms with Gasteiger partial charge in [0.2, 0.25) is 0 Å². The number of rotatable bonds is 6. The van der Waals surface area contributed by atoms with E-state index in [2.05, 4.69) is 15.5 Å². The molecule has 8 heteroatoms. The van der Waals surface area contributed by atoms with Crippen LogP contribution >= 0.6 is 11.6 Å². The van der Waals surface area contributed by atoms with Gasteiger partial charge in [-0.2, -0.15) is 5.10 Å². The van der Waals surface area contributed by atoms with Crippen LogP contribution in [-0.2, 0) is 0 Å². The van der Waals surface area contributed by atoms with Gasteiger partial charge in [-0.05, 0) is 50.6 Å². The third-order valence-corrected chi connectivity index (χ3v) is 4.19. The number of hydrogen-bond acceptors (Lipinski definition) is 5. The van der Waals surface area contributed by atoms with E-state index in [1.807, 2.05) is 32.0 Å². The van der Waals surface area contributed by atoms with E-state index >= 15 is 0 Å². The van der Waals surface area contributed by atoms with Gasteiger partial charge >= 0.3 is 0 Å². The van der Waals surface area contributed by atoms with E-state index in [9.17, 15) is 4.79 Å². The normalized spacial score (nSPS) is 11.4. The number of carbonyl (C=O) groups excluding carboxylic acids is 1. The average Bonchev–Trinajstić information content (AvgIpc) is 2.99. The topological polar surface area (TPSA) is 77.2 Å². The minimum absolute atomic E-state index is 0.0427. The highest BCUT2D eigenvalue weighted by atomic mass is 35.5. The third-order valence-electron chi connectivity index (χ3n) is 3.90. The lowest BCUT2D eigenvalue weighted by molar-refractivity contribution is 0.0948. The summed E-state index contributed by atoms with van der Waals surface area (Å²) in [6.45, 7) is 5.59. The largest absolute Gasteiger partial charge is 0.493 e. The predicted molar refractivity (Wildman–Crippen MR) is 109 cm³/mol. The number of aromatic nitrogens is 2. The van der Waals surface area contributed by atoms with E-state index in [-0.39, 0.29) is 12.0 Å². The summed E-state index contributed by atoms with van der Waals surface area (Å²) in [6, 6.07) is 8.96. The van der Waals surface area contributed by atoms with E-state index < -0.39 is 0 Å². The molecule has 0 aliphatic rings. The first-order valence-corrected chi connectivity index (χ1v) is 9.09. The molecule has 0 saturated carbocycles. The first-order valence-electron chi connectivity index (χ1n) is 8.72.